The Bertz CT molecular complexity index is 1720. The lowest BCUT2D eigenvalue weighted by molar-refractivity contribution is 0.103. The van der Waals surface area contributed by atoms with Gasteiger partial charge in [-0.05, 0) is 60.1 Å². The monoisotopic (exact) mass is 618 g/mol. The van der Waals surface area contributed by atoms with Crippen LogP contribution >= 0.6 is 23.2 Å². The molecule has 8 nitrogen and oxygen atoms in total. The van der Waals surface area contributed by atoms with E-state index in [2.05, 4.69) is 48.1 Å². The zero-order chi connectivity index (χ0) is 29.6. The minimum Gasteiger partial charge on any atom is -0.363 e. The number of carbonyl (C=O) groups is 1. The molecule has 40 heavy (non-hydrogen) atoms. The van der Waals surface area contributed by atoms with Crippen LogP contribution in [0.25, 0.3) is 11.0 Å². The average Bonchev–Trinajstić information content (AvgIpc) is 3.33. The van der Waals surface area contributed by atoms with Gasteiger partial charge >= 0.3 is 0 Å². The fourth-order valence-electron chi connectivity index (χ4n) is 4.26. The molecule has 3 heterocycles. The number of aromatic nitrogens is 3. The highest BCUT2D eigenvalue weighted by molar-refractivity contribution is 7.92. The van der Waals surface area contributed by atoms with Crippen molar-refractivity contribution in [3.8, 4) is 0 Å². The highest BCUT2D eigenvalue weighted by Crippen LogP contribution is 2.39. The first-order valence-electron chi connectivity index (χ1n) is 12.6. The molecule has 0 amide bonds. The van der Waals surface area contributed by atoms with Gasteiger partial charge in [0.25, 0.3) is 10.0 Å². The van der Waals surface area contributed by atoms with Crippen LogP contribution in [0.2, 0.25) is 28.2 Å². The smallest absolute Gasteiger partial charge is 0.266 e. The summed E-state index contributed by atoms with van der Waals surface area (Å²) in [5.74, 6) is -0.462. The zero-order valence-electron chi connectivity index (χ0n) is 23.5. The van der Waals surface area contributed by atoms with Crippen LogP contribution in [0, 0.1) is 6.92 Å². The molecule has 4 rings (SSSR count). The van der Waals surface area contributed by atoms with Crippen molar-refractivity contribution in [2.24, 2.45) is 0 Å². The summed E-state index contributed by atoms with van der Waals surface area (Å²) in [5.41, 5.74) is 1.57. The quantitative estimate of drug-likeness (QED) is 0.121. The van der Waals surface area contributed by atoms with E-state index >= 15 is 0 Å². The Labute approximate surface area is 246 Å². The van der Waals surface area contributed by atoms with Gasteiger partial charge in [-0.2, -0.15) is 0 Å². The van der Waals surface area contributed by atoms with E-state index in [0.29, 0.717) is 27.2 Å². The Balaban J connectivity index is 1.89. The summed E-state index contributed by atoms with van der Waals surface area (Å²) in [6.07, 6.45) is 4.89. The van der Waals surface area contributed by atoms with E-state index < -0.39 is 24.0 Å². The van der Waals surface area contributed by atoms with Crippen molar-refractivity contribution in [2.45, 2.75) is 50.7 Å². The molecule has 0 aliphatic carbocycles. The summed E-state index contributed by atoms with van der Waals surface area (Å²) >= 11 is 12.4. The molecular formula is C28H32Cl2N4O4SSi. The van der Waals surface area contributed by atoms with E-state index in [1.165, 1.54) is 37.6 Å². The molecule has 0 bridgehead atoms. The number of halogens is 2. The number of pyridine rings is 2. The number of aryl methyl sites for hydroxylation is 1. The maximum Gasteiger partial charge on any atom is 0.266 e. The second-order valence-corrected chi connectivity index (χ2v) is 18.9. The molecule has 212 valence electrons. The molecule has 0 fully saturated rings. The Morgan fingerprint density at radius 2 is 1.80 bits per heavy atom. The largest absolute Gasteiger partial charge is 0.363 e. The standard InChI is InChI=1S/C28H32Cl2N4O4SSi/c1-18-14-20(8-9-23(18)30)39(36,37)33(17-38-5)24-15-19(29)16-32-25(24)26(35)21-10-12-31-27-22(21)11-13-34(27)40(6,7)28(2,3)4/h8-16H,17H2,1-7H3. The third-order valence-corrected chi connectivity index (χ3v) is 15.2. The van der Waals surface area contributed by atoms with Crippen molar-refractivity contribution in [3.63, 3.8) is 0 Å². The molecule has 0 aliphatic heterocycles. The minimum atomic E-state index is -4.20. The first-order chi connectivity index (χ1) is 18.6. The van der Waals surface area contributed by atoms with Crippen molar-refractivity contribution in [2.75, 3.05) is 18.1 Å². The van der Waals surface area contributed by atoms with Crippen molar-refractivity contribution in [1.82, 2.24) is 14.2 Å². The number of rotatable bonds is 8. The lowest BCUT2D eigenvalue weighted by Crippen LogP contribution is -2.45. The maximum absolute atomic E-state index is 14.1. The van der Waals surface area contributed by atoms with E-state index in [1.807, 2.05) is 12.3 Å². The second-order valence-electron chi connectivity index (χ2n) is 11.1. The van der Waals surface area contributed by atoms with Gasteiger partial charge in [-0.3, -0.25) is 4.79 Å². The van der Waals surface area contributed by atoms with E-state index in [9.17, 15) is 13.2 Å². The van der Waals surface area contributed by atoms with Crippen LogP contribution in [0.4, 0.5) is 5.69 Å². The number of hydrogen-bond acceptors (Lipinski definition) is 6. The lowest BCUT2D eigenvalue weighted by atomic mass is 10.0. The number of fused-ring (bicyclic) bond motifs is 1. The van der Waals surface area contributed by atoms with Crippen LogP contribution in [0.15, 0.2) is 59.9 Å². The molecule has 1 aromatic carbocycles. The highest BCUT2D eigenvalue weighted by atomic mass is 35.5. The normalized spacial score (nSPS) is 12.6. The van der Waals surface area contributed by atoms with Crippen molar-refractivity contribution in [1.29, 1.82) is 0 Å². The Morgan fingerprint density at radius 1 is 1.10 bits per heavy atom. The molecule has 4 aromatic rings. The van der Waals surface area contributed by atoms with Gasteiger partial charge in [0, 0.05) is 35.5 Å². The van der Waals surface area contributed by atoms with Crippen LogP contribution in [-0.4, -0.2) is 50.5 Å². The topological polar surface area (TPSA) is 94.4 Å². The van der Waals surface area contributed by atoms with Gasteiger partial charge in [-0.15, -0.1) is 0 Å². The Hall–Kier alpha value is -2.76. The molecule has 0 atom stereocenters. The fourth-order valence-corrected chi connectivity index (χ4v) is 7.87. The molecule has 12 heteroatoms. The third kappa shape index (κ3) is 5.31. The first kappa shape index (κ1) is 30.2. The number of carbonyl (C=O) groups excluding carboxylic acids is 1. The molecule has 3 aromatic heterocycles. The summed E-state index contributed by atoms with van der Waals surface area (Å²) in [5, 5.41) is 1.29. The Kier molecular flexibility index (Phi) is 8.23. The number of ketones is 1. The van der Waals surface area contributed by atoms with E-state index in [4.69, 9.17) is 27.9 Å². The summed E-state index contributed by atoms with van der Waals surface area (Å²) in [7, 11) is -4.88. The average molecular weight is 620 g/mol. The number of nitrogens with zero attached hydrogens (tertiary/aromatic N) is 4. The van der Waals surface area contributed by atoms with Crippen molar-refractivity contribution < 1.29 is 17.9 Å². The zero-order valence-corrected chi connectivity index (χ0v) is 26.8. The summed E-state index contributed by atoms with van der Waals surface area (Å²) in [6.45, 7) is 12.5. The molecular weight excluding hydrogens is 587 g/mol. The molecule has 0 saturated carbocycles. The van der Waals surface area contributed by atoms with Gasteiger partial charge in [0.2, 0.25) is 5.78 Å². The number of benzene rings is 1. The summed E-state index contributed by atoms with van der Waals surface area (Å²) < 4.78 is 36.1. The predicted octanol–water partition coefficient (Wildman–Crippen LogP) is 6.93. The molecule has 0 spiro atoms. The van der Waals surface area contributed by atoms with Crippen LogP contribution in [0.1, 0.15) is 42.4 Å². The Morgan fingerprint density at radius 3 is 2.42 bits per heavy atom. The SMILES string of the molecule is COCN(c1cc(Cl)cnc1C(=O)c1ccnc2c1ccn2[Si](C)(C)C(C)(C)C)S(=O)(=O)c1ccc(Cl)c(C)c1. The van der Waals surface area contributed by atoms with Gasteiger partial charge < -0.3 is 8.97 Å². The number of ether oxygens (including phenoxy) is 1. The summed E-state index contributed by atoms with van der Waals surface area (Å²) in [4.78, 5) is 23.0. The first-order valence-corrected chi connectivity index (χ1v) is 17.7. The van der Waals surface area contributed by atoms with Crippen LogP contribution in [-0.2, 0) is 14.8 Å². The van der Waals surface area contributed by atoms with Crippen LogP contribution in [0.3, 0.4) is 0 Å². The maximum atomic E-state index is 14.1. The number of anilines is 1. The number of sulfonamides is 1. The van der Waals surface area contributed by atoms with Crippen molar-refractivity contribution >= 4 is 64.0 Å². The molecule has 0 unspecified atom stereocenters. The van der Waals surface area contributed by atoms with Gasteiger partial charge in [0.05, 0.1) is 15.6 Å². The van der Waals surface area contributed by atoms with Crippen LogP contribution < -0.4 is 4.31 Å². The highest BCUT2D eigenvalue weighted by Gasteiger charge is 2.39. The molecule has 0 saturated heterocycles. The van der Waals surface area contributed by atoms with Gasteiger partial charge in [0.15, 0.2) is 8.24 Å². The van der Waals surface area contributed by atoms with E-state index in [-0.39, 0.29) is 33.1 Å². The summed E-state index contributed by atoms with van der Waals surface area (Å²) in [6, 6.07) is 9.29. The predicted molar refractivity (Wildman–Crippen MR) is 163 cm³/mol. The molecule has 0 radical (unpaired) electrons. The fraction of sp³-hybridized carbons (Fsp3) is 0.321. The van der Waals surface area contributed by atoms with E-state index in [0.717, 1.165) is 4.31 Å². The van der Waals surface area contributed by atoms with Crippen LogP contribution in [0.5, 0.6) is 0 Å². The van der Waals surface area contributed by atoms with E-state index in [1.54, 1.807) is 19.2 Å². The van der Waals surface area contributed by atoms with Crippen molar-refractivity contribution in [3.05, 3.63) is 81.9 Å². The number of hydrogen-bond donors (Lipinski definition) is 0. The second kappa shape index (κ2) is 10.9. The third-order valence-electron chi connectivity index (χ3n) is 7.55. The number of methoxy groups -OCH3 is 1. The van der Waals surface area contributed by atoms with Gasteiger partial charge in [0.1, 0.15) is 18.1 Å². The minimum absolute atomic E-state index is 0.000689. The molecule has 0 N–H and O–H groups in total. The molecule has 0 aliphatic rings. The lowest BCUT2D eigenvalue weighted by Gasteiger charge is -2.38. The van der Waals surface area contributed by atoms with Gasteiger partial charge in [-0.25, -0.2) is 22.7 Å². The van der Waals surface area contributed by atoms with Gasteiger partial charge in [-0.1, -0.05) is 57.1 Å².